The molecule has 0 spiro atoms. The van der Waals surface area contributed by atoms with Crippen LogP contribution in [-0.4, -0.2) is 27.8 Å². The zero-order valence-electron chi connectivity index (χ0n) is 10.8. The summed E-state index contributed by atoms with van der Waals surface area (Å²) in [6.07, 6.45) is 6.13. The summed E-state index contributed by atoms with van der Waals surface area (Å²) in [6, 6.07) is 10.2. The van der Waals surface area contributed by atoms with Crippen LogP contribution in [0, 0.1) is 0 Å². The van der Waals surface area contributed by atoms with Crippen LogP contribution in [0.5, 0.6) is 0 Å². The lowest BCUT2D eigenvalue weighted by atomic mass is 10.3. The van der Waals surface area contributed by atoms with Crippen LogP contribution in [0.15, 0.2) is 42.7 Å². The van der Waals surface area contributed by atoms with Gasteiger partial charge in [-0.2, -0.15) is 16.9 Å². The van der Waals surface area contributed by atoms with E-state index >= 15 is 0 Å². The topological polar surface area (TPSA) is 29.9 Å². The zero-order valence-corrected chi connectivity index (χ0v) is 11.7. The van der Waals surface area contributed by atoms with Gasteiger partial charge in [-0.25, -0.2) is 4.68 Å². The molecule has 1 atom stereocenters. The molecule has 18 heavy (non-hydrogen) atoms. The molecule has 1 unspecified atom stereocenters. The van der Waals surface area contributed by atoms with Gasteiger partial charge < -0.3 is 5.32 Å². The van der Waals surface area contributed by atoms with E-state index in [4.69, 9.17) is 0 Å². The Kier molecular flexibility index (Phi) is 4.84. The lowest BCUT2D eigenvalue weighted by molar-refractivity contribution is 0.684. The summed E-state index contributed by atoms with van der Waals surface area (Å²) >= 11 is 1.88. The first-order valence-corrected chi connectivity index (χ1v) is 7.41. The van der Waals surface area contributed by atoms with Gasteiger partial charge in [-0.1, -0.05) is 25.1 Å². The molecule has 0 bridgehead atoms. The number of hydrogen-bond acceptors (Lipinski definition) is 3. The quantitative estimate of drug-likeness (QED) is 0.867. The summed E-state index contributed by atoms with van der Waals surface area (Å²) in [5.74, 6) is 0. The van der Waals surface area contributed by atoms with E-state index in [1.54, 1.807) is 0 Å². The maximum atomic E-state index is 4.38. The Hall–Kier alpha value is -1.26. The second kappa shape index (κ2) is 6.61. The van der Waals surface area contributed by atoms with Crippen molar-refractivity contribution in [2.45, 2.75) is 18.7 Å². The molecule has 0 saturated carbocycles. The van der Waals surface area contributed by atoms with Crippen molar-refractivity contribution in [3.05, 3.63) is 48.3 Å². The molecule has 0 amide bonds. The van der Waals surface area contributed by atoms with E-state index in [1.165, 1.54) is 5.56 Å². The van der Waals surface area contributed by atoms with E-state index in [0.717, 1.165) is 18.8 Å². The summed E-state index contributed by atoms with van der Waals surface area (Å²) in [5, 5.41) is 8.47. The summed E-state index contributed by atoms with van der Waals surface area (Å²) in [6.45, 7) is 4.13. The molecule has 2 aromatic rings. The molecule has 1 aromatic heterocycles. The number of rotatable bonds is 6. The van der Waals surface area contributed by atoms with Gasteiger partial charge in [0.2, 0.25) is 0 Å². The van der Waals surface area contributed by atoms with Crippen LogP contribution in [0.1, 0.15) is 12.5 Å². The molecule has 96 valence electrons. The van der Waals surface area contributed by atoms with Crippen LogP contribution in [0.25, 0.3) is 5.69 Å². The first kappa shape index (κ1) is 13.2. The molecule has 4 heteroatoms. The maximum Gasteiger partial charge on any atom is 0.0645 e. The van der Waals surface area contributed by atoms with E-state index < -0.39 is 0 Å². The molecule has 1 aromatic carbocycles. The summed E-state index contributed by atoms with van der Waals surface area (Å²) in [5.41, 5.74) is 2.31. The van der Waals surface area contributed by atoms with E-state index in [2.05, 4.69) is 41.9 Å². The molecule has 3 nitrogen and oxygen atoms in total. The van der Waals surface area contributed by atoms with Gasteiger partial charge in [0.15, 0.2) is 0 Å². The number of hydrogen-bond donors (Lipinski definition) is 1. The third kappa shape index (κ3) is 3.62. The van der Waals surface area contributed by atoms with Crippen molar-refractivity contribution in [3.8, 4) is 5.69 Å². The maximum absolute atomic E-state index is 4.38. The van der Waals surface area contributed by atoms with Gasteiger partial charge in [0.05, 0.1) is 11.9 Å². The molecule has 1 N–H and O–H groups in total. The summed E-state index contributed by atoms with van der Waals surface area (Å²) in [4.78, 5) is 0. The average Bonchev–Trinajstić information content (AvgIpc) is 2.88. The van der Waals surface area contributed by atoms with Crippen LogP contribution >= 0.6 is 11.8 Å². The predicted octanol–water partition coefficient (Wildman–Crippen LogP) is 2.71. The molecule has 0 radical (unpaired) electrons. The van der Waals surface area contributed by atoms with Crippen LogP contribution in [-0.2, 0) is 6.54 Å². The first-order valence-electron chi connectivity index (χ1n) is 6.12. The Morgan fingerprint density at radius 2 is 2.11 bits per heavy atom. The fraction of sp³-hybridized carbons (Fsp3) is 0.357. The molecule has 1 heterocycles. The second-order valence-electron chi connectivity index (χ2n) is 4.31. The molecule has 0 saturated heterocycles. The Labute approximate surface area is 113 Å². The average molecular weight is 261 g/mol. The lowest BCUT2D eigenvalue weighted by Gasteiger charge is -2.08. The van der Waals surface area contributed by atoms with Crippen molar-refractivity contribution in [2.75, 3.05) is 12.8 Å². The van der Waals surface area contributed by atoms with Gasteiger partial charge in [0.25, 0.3) is 0 Å². The van der Waals surface area contributed by atoms with Crippen LogP contribution in [0.4, 0.5) is 0 Å². The minimum absolute atomic E-state index is 0.647. The largest absolute Gasteiger partial charge is 0.311 e. The van der Waals surface area contributed by atoms with Crippen molar-refractivity contribution in [1.82, 2.24) is 15.1 Å². The lowest BCUT2D eigenvalue weighted by Crippen LogP contribution is -2.21. The molecule has 2 rings (SSSR count). The summed E-state index contributed by atoms with van der Waals surface area (Å²) < 4.78 is 1.91. The van der Waals surface area contributed by atoms with Crippen LogP contribution in [0.3, 0.4) is 0 Å². The number of benzene rings is 1. The highest BCUT2D eigenvalue weighted by molar-refractivity contribution is 7.99. The Bertz CT molecular complexity index is 467. The Morgan fingerprint density at radius 1 is 1.33 bits per heavy atom. The minimum Gasteiger partial charge on any atom is -0.311 e. The Balaban J connectivity index is 1.91. The summed E-state index contributed by atoms with van der Waals surface area (Å²) in [7, 11) is 0. The fourth-order valence-corrected chi connectivity index (χ4v) is 1.96. The number of thioether (sulfide) groups is 1. The molecule has 0 fully saturated rings. The highest BCUT2D eigenvalue weighted by Gasteiger charge is 2.02. The van der Waals surface area contributed by atoms with Crippen molar-refractivity contribution < 1.29 is 0 Å². The van der Waals surface area contributed by atoms with Gasteiger partial charge >= 0.3 is 0 Å². The normalized spacial score (nSPS) is 12.6. The van der Waals surface area contributed by atoms with Gasteiger partial charge in [-0.15, -0.1) is 0 Å². The van der Waals surface area contributed by atoms with Gasteiger partial charge in [-0.05, 0) is 18.4 Å². The monoisotopic (exact) mass is 261 g/mol. The van der Waals surface area contributed by atoms with Crippen molar-refractivity contribution in [2.24, 2.45) is 0 Å². The SMILES string of the molecule is CSC(C)CNCc1cnn(-c2ccccc2)c1. The first-order chi connectivity index (χ1) is 8.79. The van der Waals surface area contributed by atoms with Crippen molar-refractivity contribution in [3.63, 3.8) is 0 Å². The molecular formula is C14H19N3S. The number of aromatic nitrogens is 2. The van der Waals surface area contributed by atoms with E-state index in [-0.39, 0.29) is 0 Å². The van der Waals surface area contributed by atoms with Gasteiger partial charge in [-0.3, -0.25) is 0 Å². The zero-order chi connectivity index (χ0) is 12.8. The minimum atomic E-state index is 0.647. The van der Waals surface area contributed by atoms with Crippen LogP contribution < -0.4 is 5.32 Å². The Morgan fingerprint density at radius 3 is 2.83 bits per heavy atom. The van der Waals surface area contributed by atoms with E-state index in [0.29, 0.717) is 5.25 Å². The predicted molar refractivity (Wildman–Crippen MR) is 78.2 cm³/mol. The number of nitrogens with one attached hydrogen (secondary N) is 1. The second-order valence-corrected chi connectivity index (χ2v) is 5.58. The highest BCUT2D eigenvalue weighted by Crippen LogP contribution is 2.08. The fourth-order valence-electron chi connectivity index (χ4n) is 1.68. The molecule has 0 aliphatic rings. The van der Waals surface area contributed by atoms with Gasteiger partial charge in [0, 0.05) is 30.1 Å². The smallest absolute Gasteiger partial charge is 0.0645 e. The molecule has 0 aliphatic heterocycles. The highest BCUT2D eigenvalue weighted by atomic mass is 32.2. The molecule has 0 aliphatic carbocycles. The van der Waals surface area contributed by atoms with Crippen molar-refractivity contribution in [1.29, 1.82) is 0 Å². The standard InChI is InChI=1S/C14H19N3S/c1-12(18-2)8-15-9-13-10-16-17(11-13)14-6-4-3-5-7-14/h3-7,10-12,15H,8-9H2,1-2H3. The number of nitrogens with zero attached hydrogens (tertiary/aromatic N) is 2. The van der Waals surface area contributed by atoms with E-state index in [1.807, 2.05) is 40.8 Å². The number of para-hydroxylation sites is 1. The van der Waals surface area contributed by atoms with E-state index in [9.17, 15) is 0 Å². The third-order valence-corrected chi connectivity index (χ3v) is 3.79. The molecular weight excluding hydrogens is 242 g/mol. The van der Waals surface area contributed by atoms with Crippen LogP contribution in [0.2, 0.25) is 0 Å². The van der Waals surface area contributed by atoms with Crippen molar-refractivity contribution >= 4 is 11.8 Å². The van der Waals surface area contributed by atoms with Gasteiger partial charge in [0.1, 0.15) is 0 Å². The third-order valence-electron chi connectivity index (χ3n) is 2.82.